The molecule has 0 aliphatic rings. The Kier molecular flexibility index (Phi) is 59.0. The number of hydrogen-bond acceptors (Lipinski definition) is 0. The molecule has 0 saturated carbocycles. The first-order valence-corrected chi connectivity index (χ1v) is 30.3. The summed E-state index contributed by atoms with van der Waals surface area (Å²) in [5, 5.41) is 2.87. The van der Waals surface area contributed by atoms with E-state index in [0.717, 1.165) is 0 Å². The molecule has 0 saturated heterocycles. The van der Waals surface area contributed by atoms with E-state index >= 15 is 0 Å². The Morgan fingerprint density at radius 2 is 0.237 bits per heavy atom. The van der Waals surface area contributed by atoms with E-state index in [0.29, 0.717) is 0 Å². The first-order valence-electron chi connectivity index (χ1n) is 28.9. The molecule has 0 atom stereocenters. The molecule has 360 valence electrons. The van der Waals surface area contributed by atoms with Crippen molar-refractivity contribution in [3.05, 3.63) is 0 Å². The summed E-state index contributed by atoms with van der Waals surface area (Å²) < 4.78 is 0. The van der Waals surface area contributed by atoms with Gasteiger partial charge < -0.3 is 0 Å². The summed E-state index contributed by atoms with van der Waals surface area (Å²) >= 11 is 2.05. The van der Waals surface area contributed by atoms with Gasteiger partial charge in [0.05, 0.1) is 0 Å². The molecule has 0 spiro atoms. The Bertz CT molecular complexity index is 616. The Hall–Kier alpha value is 0.494. The molecule has 0 bridgehead atoms. The second-order valence-electron chi connectivity index (χ2n) is 19.9. The van der Waals surface area contributed by atoms with E-state index in [1.54, 1.807) is 0 Å². The maximum atomic E-state index is 2.31. The zero-order valence-electron chi connectivity index (χ0n) is 41.9. The molecule has 1 heteroatoms. The fraction of sp³-hybridized carbons (Fsp3) is 1.00. The molecule has 0 fully saturated rings. The third kappa shape index (κ3) is 58.5. The number of hydrogen-bond donors (Lipinski definition) is 0. The minimum absolute atomic E-state index is 1.37. The Labute approximate surface area is 383 Å². The summed E-state index contributed by atoms with van der Waals surface area (Å²) in [6.45, 7) is 4.63. The topological polar surface area (TPSA) is 0 Å². The van der Waals surface area contributed by atoms with Crippen LogP contribution in [0.1, 0.15) is 361 Å². The van der Waals surface area contributed by atoms with E-state index in [1.807, 2.05) is 0 Å². The quantitative estimate of drug-likeness (QED) is 0.0422. The van der Waals surface area contributed by atoms with Gasteiger partial charge in [0.15, 0.2) is 0 Å². The molecule has 0 rings (SSSR count). The summed E-state index contributed by atoms with van der Waals surface area (Å²) in [6.07, 6.45) is 80.2. The van der Waals surface area contributed by atoms with Gasteiger partial charge in [-0.3, -0.25) is 0 Å². The van der Waals surface area contributed by atoms with Crippen LogP contribution in [-0.4, -0.2) is 0 Å². The van der Waals surface area contributed by atoms with E-state index in [4.69, 9.17) is 0 Å². The molecule has 0 aliphatic carbocycles. The van der Waals surface area contributed by atoms with Gasteiger partial charge in [0.1, 0.15) is 0 Å². The van der Waals surface area contributed by atoms with Crippen LogP contribution in [0, 0.1) is 0 Å². The van der Waals surface area contributed by atoms with Crippen LogP contribution < -0.4 is 0 Å². The zero-order chi connectivity index (χ0) is 42.3. The van der Waals surface area contributed by atoms with Crippen molar-refractivity contribution >= 4 is 0 Å². The Balaban J connectivity index is 3.06. The number of rotatable bonds is 56. The molecule has 0 unspecified atom stereocenters. The molecule has 0 aromatic carbocycles. The van der Waals surface area contributed by atoms with Crippen LogP contribution in [0.2, 0.25) is 10.8 Å². The van der Waals surface area contributed by atoms with E-state index in [2.05, 4.69) is 28.3 Å². The molecule has 0 N–H and O–H groups in total. The minimum atomic E-state index is 1.37. The third-order valence-corrected chi connectivity index (χ3v) is 15.1. The molecule has 0 radical (unpaired) electrons. The molecule has 0 aliphatic heterocycles. The molecule has 59 heavy (non-hydrogen) atoms. The standard InChI is InChI=1S/2C29H59.Ni/c2*1-3-5-7-9-11-13-15-17-19-21-23-25-27-29-28-26-24-22-20-18-16-14-12-10-8-6-4-2;/h2*1,3-29H2,2H3;. The first-order chi connectivity index (χ1) is 29.4. The van der Waals surface area contributed by atoms with Gasteiger partial charge in [-0.05, 0) is 0 Å². The monoisotopic (exact) mass is 873 g/mol. The van der Waals surface area contributed by atoms with Gasteiger partial charge in [-0.15, -0.1) is 0 Å². The van der Waals surface area contributed by atoms with Gasteiger partial charge >= 0.3 is 166 Å². The van der Waals surface area contributed by atoms with E-state index in [-0.39, 0.29) is 0 Å². The van der Waals surface area contributed by atoms with Crippen molar-refractivity contribution in [3.63, 3.8) is 0 Å². The van der Waals surface area contributed by atoms with Crippen LogP contribution in [0.4, 0.5) is 0 Å². The van der Waals surface area contributed by atoms with E-state index < -0.39 is 0 Å². The van der Waals surface area contributed by atoms with Gasteiger partial charge in [0.25, 0.3) is 0 Å². The van der Waals surface area contributed by atoms with Crippen molar-refractivity contribution in [1.82, 2.24) is 0 Å². The summed E-state index contributed by atoms with van der Waals surface area (Å²) in [6, 6.07) is 0. The molecular weight excluding hydrogens is 755 g/mol. The van der Waals surface area contributed by atoms with Crippen molar-refractivity contribution in [2.75, 3.05) is 0 Å². The van der Waals surface area contributed by atoms with Crippen LogP contribution in [0.15, 0.2) is 0 Å². The molecule has 0 amide bonds. The van der Waals surface area contributed by atoms with Gasteiger partial charge in [0.2, 0.25) is 0 Å². The van der Waals surface area contributed by atoms with Crippen LogP contribution in [0.3, 0.4) is 0 Å². The summed E-state index contributed by atoms with van der Waals surface area (Å²) in [5.41, 5.74) is 0. The molecule has 0 nitrogen and oxygen atoms in total. The first kappa shape index (κ1) is 59.5. The predicted molar refractivity (Wildman–Crippen MR) is 270 cm³/mol. The molecule has 0 aromatic rings. The average Bonchev–Trinajstić information content (AvgIpc) is 3.25. The smallest absolute Gasteiger partial charge is 0.0654 e. The molecule has 0 aromatic heterocycles. The van der Waals surface area contributed by atoms with Gasteiger partial charge in [-0.1, -0.05) is 219 Å². The zero-order valence-corrected chi connectivity index (χ0v) is 42.9. The van der Waals surface area contributed by atoms with E-state index in [9.17, 15) is 0 Å². The third-order valence-electron chi connectivity index (χ3n) is 13.7. The summed E-state index contributed by atoms with van der Waals surface area (Å²) in [4.78, 5) is 0. The van der Waals surface area contributed by atoms with Crippen molar-refractivity contribution in [2.24, 2.45) is 0 Å². The summed E-state index contributed by atoms with van der Waals surface area (Å²) in [7, 11) is 0. The van der Waals surface area contributed by atoms with Crippen molar-refractivity contribution in [1.29, 1.82) is 0 Å². The Morgan fingerprint density at radius 1 is 0.136 bits per heavy atom. The minimum Gasteiger partial charge on any atom is -0.0654 e. The molecular formula is C58H118Ni. The van der Waals surface area contributed by atoms with Crippen LogP contribution in [-0.2, 0) is 14.4 Å². The second-order valence-corrected chi connectivity index (χ2v) is 21.3. The van der Waals surface area contributed by atoms with Crippen LogP contribution in [0.25, 0.3) is 0 Å². The van der Waals surface area contributed by atoms with E-state index in [1.165, 1.54) is 358 Å². The fourth-order valence-corrected chi connectivity index (χ4v) is 10.6. The SMILES string of the molecule is CCCCCCCCCCCCCCCCCCCCCCCCCCCC[CH2][Ni][CH2]CCCCCCCCCCCCCCCCCCCCCCCCCCCC. The second kappa shape index (κ2) is 58.5. The Morgan fingerprint density at radius 3 is 0.356 bits per heavy atom. The van der Waals surface area contributed by atoms with Gasteiger partial charge in [0, 0.05) is 0 Å². The predicted octanol–water partition coefficient (Wildman–Crippen LogP) is 23.0. The van der Waals surface area contributed by atoms with Gasteiger partial charge in [-0.25, -0.2) is 0 Å². The van der Waals surface area contributed by atoms with Gasteiger partial charge in [-0.2, -0.15) is 0 Å². The molecule has 0 heterocycles. The number of unbranched alkanes of at least 4 members (excludes halogenated alkanes) is 52. The average molecular weight is 874 g/mol. The van der Waals surface area contributed by atoms with Crippen LogP contribution in [0.5, 0.6) is 0 Å². The normalized spacial score (nSPS) is 11.8. The summed E-state index contributed by atoms with van der Waals surface area (Å²) in [5.74, 6) is 0. The van der Waals surface area contributed by atoms with Crippen molar-refractivity contribution in [2.45, 2.75) is 371 Å². The van der Waals surface area contributed by atoms with Crippen molar-refractivity contribution in [3.8, 4) is 0 Å². The van der Waals surface area contributed by atoms with Crippen molar-refractivity contribution < 1.29 is 14.4 Å². The van der Waals surface area contributed by atoms with Crippen LogP contribution >= 0.6 is 0 Å². The maximum absolute atomic E-state index is 2.31. The fourth-order valence-electron chi connectivity index (χ4n) is 9.38.